The van der Waals surface area contributed by atoms with Gasteiger partial charge in [0.15, 0.2) is 0 Å². The Bertz CT molecular complexity index is 533. The molecular weight excluding hydrogens is 198 g/mol. The minimum absolute atomic E-state index is 0.182. The molecule has 0 bridgehead atoms. The molecule has 0 amide bonds. The van der Waals surface area contributed by atoms with E-state index >= 15 is 0 Å². The number of carbonyl (C=O) groups excluding carboxylic acids is 1. The van der Waals surface area contributed by atoms with E-state index in [4.69, 9.17) is 0 Å². The van der Waals surface area contributed by atoms with Crippen molar-refractivity contribution in [2.45, 2.75) is 6.92 Å². The highest BCUT2D eigenvalue weighted by Gasteiger charge is 2.13. The zero-order valence-electron chi connectivity index (χ0n) is 8.26. The molecule has 0 spiro atoms. The molecule has 0 aromatic carbocycles. The Morgan fingerprint density at radius 2 is 2.27 bits per heavy atom. The van der Waals surface area contributed by atoms with E-state index in [1.165, 1.54) is 17.7 Å². The Morgan fingerprint density at radius 3 is 2.93 bits per heavy atom. The Morgan fingerprint density at radius 1 is 1.53 bits per heavy atom. The van der Waals surface area contributed by atoms with Crippen LogP contribution in [0.1, 0.15) is 16.2 Å². The second-order valence-electron chi connectivity index (χ2n) is 3.04. The van der Waals surface area contributed by atoms with Gasteiger partial charge in [-0.05, 0) is 13.0 Å². The lowest BCUT2D eigenvalue weighted by Gasteiger charge is -2.03. The SMILES string of the molecule is COC(=O)c1cc(C)nc2nc(O)cn12. The molecule has 0 radical (unpaired) electrons. The number of hydrogen-bond donors (Lipinski definition) is 1. The van der Waals surface area contributed by atoms with Gasteiger partial charge in [0, 0.05) is 5.69 Å². The van der Waals surface area contributed by atoms with Crippen LogP contribution in [0.2, 0.25) is 0 Å². The number of ether oxygens (including phenoxy) is 1. The molecule has 2 rings (SSSR count). The average molecular weight is 207 g/mol. The van der Waals surface area contributed by atoms with Crippen LogP contribution < -0.4 is 0 Å². The van der Waals surface area contributed by atoms with Gasteiger partial charge in [0.2, 0.25) is 11.7 Å². The Labute approximate surface area is 85.2 Å². The van der Waals surface area contributed by atoms with Crippen molar-refractivity contribution in [3.63, 3.8) is 0 Å². The number of fused-ring (bicyclic) bond motifs is 1. The average Bonchev–Trinajstić information content (AvgIpc) is 2.55. The largest absolute Gasteiger partial charge is 0.492 e. The van der Waals surface area contributed by atoms with Crippen molar-refractivity contribution in [3.05, 3.63) is 23.7 Å². The van der Waals surface area contributed by atoms with Crippen molar-refractivity contribution >= 4 is 11.7 Å². The molecule has 0 saturated carbocycles. The summed E-state index contributed by atoms with van der Waals surface area (Å²) in [7, 11) is 1.29. The third-order valence-corrected chi connectivity index (χ3v) is 1.95. The van der Waals surface area contributed by atoms with Gasteiger partial charge in [0.1, 0.15) is 5.69 Å². The summed E-state index contributed by atoms with van der Waals surface area (Å²) in [5.74, 6) is -0.408. The maximum atomic E-state index is 11.4. The number of hydrogen-bond acceptors (Lipinski definition) is 5. The van der Waals surface area contributed by atoms with Crippen LogP contribution in [0.5, 0.6) is 5.88 Å². The van der Waals surface area contributed by atoms with Crippen molar-refractivity contribution in [1.82, 2.24) is 14.4 Å². The maximum absolute atomic E-state index is 11.4. The number of aromatic hydroxyl groups is 1. The second-order valence-corrected chi connectivity index (χ2v) is 3.04. The Balaban J connectivity index is 2.75. The number of imidazole rings is 1. The lowest BCUT2D eigenvalue weighted by molar-refractivity contribution is 0.0592. The van der Waals surface area contributed by atoms with Gasteiger partial charge in [-0.1, -0.05) is 0 Å². The normalized spacial score (nSPS) is 10.5. The van der Waals surface area contributed by atoms with Crippen LogP contribution in [0.4, 0.5) is 0 Å². The molecule has 2 aromatic rings. The number of nitrogens with zero attached hydrogens (tertiary/aromatic N) is 3. The van der Waals surface area contributed by atoms with Crippen LogP contribution in [-0.2, 0) is 4.74 Å². The van der Waals surface area contributed by atoms with E-state index in [2.05, 4.69) is 14.7 Å². The molecule has 2 aromatic heterocycles. The van der Waals surface area contributed by atoms with E-state index in [0.29, 0.717) is 5.69 Å². The molecule has 0 aliphatic heterocycles. The molecule has 0 aliphatic rings. The molecule has 1 N–H and O–H groups in total. The van der Waals surface area contributed by atoms with Crippen LogP contribution in [0.3, 0.4) is 0 Å². The number of methoxy groups -OCH3 is 1. The zero-order valence-corrected chi connectivity index (χ0v) is 8.26. The summed E-state index contributed by atoms with van der Waals surface area (Å²) in [6.07, 6.45) is 1.31. The Kier molecular flexibility index (Phi) is 2.03. The van der Waals surface area contributed by atoms with Gasteiger partial charge >= 0.3 is 5.97 Å². The van der Waals surface area contributed by atoms with Gasteiger partial charge in [-0.25, -0.2) is 9.78 Å². The van der Waals surface area contributed by atoms with Gasteiger partial charge in [-0.3, -0.25) is 4.40 Å². The fourth-order valence-corrected chi connectivity index (χ4v) is 1.33. The summed E-state index contributed by atoms with van der Waals surface area (Å²) >= 11 is 0. The van der Waals surface area contributed by atoms with Crippen LogP contribution in [-0.4, -0.2) is 32.6 Å². The monoisotopic (exact) mass is 207 g/mol. The molecule has 0 unspecified atom stereocenters. The summed E-state index contributed by atoms with van der Waals surface area (Å²) in [5, 5.41) is 9.20. The number of aromatic nitrogens is 3. The molecule has 6 heteroatoms. The third kappa shape index (κ3) is 1.50. The van der Waals surface area contributed by atoms with Crippen molar-refractivity contribution in [2.24, 2.45) is 0 Å². The molecule has 6 nitrogen and oxygen atoms in total. The molecule has 2 heterocycles. The van der Waals surface area contributed by atoms with E-state index in [0.717, 1.165) is 0 Å². The van der Waals surface area contributed by atoms with Crippen molar-refractivity contribution < 1.29 is 14.6 Å². The van der Waals surface area contributed by atoms with E-state index in [-0.39, 0.29) is 17.4 Å². The van der Waals surface area contributed by atoms with Gasteiger partial charge < -0.3 is 9.84 Å². The summed E-state index contributed by atoms with van der Waals surface area (Å²) in [4.78, 5) is 19.2. The summed E-state index contributed by atoms with van der Waals surface area (Å²) in [6.45, 7) is 1.73. The van der Waals surface area contributed by atoms with Crippen molar-refractivity contribution in [2.75, 3.05) is 7.11 Å². The van der Waals surface area contributed by atoms with Crippen LogP contribution >= 0.6 is 0 Å². The van der Waals surface area contributed by atoms with E-state index in [1.807, 2.05) is 0 Å². The predicted octanol–water partition coefficient (Wildman–Crippen LogP) is 0.530. The topological polar surface area (TPSA) is 76.7 Å². The van der Waals surface area contributed by atoms with E-state index in [9.17, 15) is 9.90 Å². The summed E-state index contributed by atoms with van der Waals surface area (Å²) in [6, 6.07) is 1.57. The highest BCUT2D eigenvalue weighted by molar-refractivity contribution is 5.88. The second kappa shape index (κ2) is 3.23. The minimum atomic E-state index is -0.497. The quantitative estimate of drug-likeness (QED) is 0.690. The minimum Gasteiger partial charge on any atom is -0.492 e. The van der Waals surface area contributed by atoms with Gasteiger partial charge in [0.25, 0.3) is 0 Å². The first-order valence-electron chi connectivity index (χ1n) is 4.26. The van der Waals surface area contributed by atoms with E-state index in [1.54, 1.807) is 13.0 Å². The number of esters is 1. The molecule has 0 fully saturated rings. The van der Waals surface area contributed by atoms with E-state index < -0.39 is 5.97 Å². The first-order valence-corrected chi connectivity index (χ1v) is 4.26. The van der Waals surface area contributed by atoms with Crippen molar-refractivity contribution in [1.29, 1.82) is 0 Å². The van der Waals surface area contributed by atoms with Crippen LogP contribution in [0, 0.1) is 6.92 Å². The standard InChI is InChI=1S/C9H9N3O3/c1-5-3-6(8(14)15-2)12-4-7(13)11-9(12)10-5/h3-4,13H,1-2H3. The fourth-order valence-electron chi connectivity index (χ4n) is 1.33. The molecule has 0 aliphatic carbocycles. The fraction of sp³-hybridized carbons (Fsp3) is 0.222. The highest BCUT2D eigenvalue weighted by atomic mass is 16.5. The number of rotatable bonds is 1. The van der Waals surface area contributed by atoms with Crippen LogP contribution in [0.15, 0.2) is 12.3 Å². The summed E-state index contributed by atoms with van der Waals surface area (Å²) < 4.78 is 5.99. The van der Waals surface area contributed by atoms with Gasteiger partial charge in [0.05, 0.1) is 13.3 Å². The lowest BCUT2D eigenvalue weighted by Crippen LogP contribution is -2.09. The van der Waals surface area contributed by atoms with Crippen molar-refractivity contribution in [3.8, 4) is 5.88 Å². The molecular formula is C9H9N3O3. The molecule has 0 saturated heterocycles. The first-order chi connectivity index (χ1) is 7.11. The number of carbonyl (C=O) groups is 1. The third-order valence-electron chi connectivity index (χ3n) is 1.95. The lowest BCUT2D eigenvalue weighted by atomic mass is 10.3. The zero-order chi connectivity index (χ0) is 11.0. The highest BCUT2D eigenvalue weighted by Crippen LogP contribution is 2.13. The van der Waals surface area contributed by atoms with Crippen LogP contribution in [0.25, 0.3) is 5.78 Å². The smallest absolute Gasteiger partial charge is 0.355 e. The molecule has 78 valence electrons. The predicted molar refractivity (Wildman–Crippen MR) is 50.7 cm³/mol. The van der Waals surface area contributed by atoms with Gasteiger partial charge in [-0.2, -0.15) is 4.98 Å². The molecule has 15 heavy (non-hydrogen) atoms. The molecule has 0 atom stereocenters. The number of aryl methyl sites for hydroxylation is 1. The maximum Gasteiger partial charge on any atom is 0.355 e. The Hall–Kier alpha value is -2.11. The summed E-state index contributed by atoms with van der Waals surface area (Å²) in [5.41, 5.74) is 0.918. The first kappa shape index (κ1) is 9.45. The van der Waals surface area contributed by atoms with Gasteiger partial charge in [-0.15, -0.1) is 0 Å².